The van der Waals surface area contributed by atoms with Crippen LogP contribution in [0, 0.1) is 10.1 Å². The largest absolute Gasteiger partial charge is 0.490 e. The second-order valence-electron chi connectivity index (χ2n) is 6.10. The Balaban J connectivity index is 0.000000553. The minimum absolute atomic E-state index is 0.0170. The summed E-state index contributed by atoms with van der Waals surface area (Å²) in [5.74, 6) is -0.759. The average Bonchev–Trinajstić information content (AvgIpc) is 3.21. The van der Waals surface area contributed by atoms with Gasteiger partial charge in [0, 0.05) is 31.1 Å². The number of aromatic nitrogens is 1. The van der Waals surface area contributed by atoms with Crippen molar-refractivity contribution >= 4 is 35.1 Å². The molecule has 1 fully saturated rings. The molecule has 14 heteroatoms. The molecule has 30 heavy (non-hydrogen) atoms. The molecule has 0 unspecified atom stereocenters. The van der Waals surface area contributed by atoms with E-state index in [0.717, 1.165) is 31.0 Å². The van der Waals surface area contributed by atoms with E-state index in [2.05, 4.69) is 10.3 Å². The Kier molecular flexibility index (Phi) is 10.3. The number of anilines is 1. The molecule has 0 radical (unpaired) electrons. The first-order chi connectivity index (χ1) is 14.0. The van der Waals surface area contributed by atoms with Crippen LogP contribution in [0.1, 0.15) is 19.3 Å². The maximum Gasteiger partial charge on any atom is 0.490 e. The SMILES string of the molecule is N[C@@H](CCCCNc1ncccc1[N+](=O)[O-])C(=O)N1CCSC1.O=C(O)C(F)(F)F. The van der Waals surface area contributed by atoms with E-state index < -0.39 is 23.1 Å². The molecule has 0 saturated carbocycles. The Hall–Kier alpha value is -2.61. The van der Waals surface area contributed by atoms with Gasteiger partial charge in [-0.3, -0.25) is 14.9 Å². The number of nitro groups is 1. The number of carboxylic acids is 1. The quantitative estimate of drug-likeness (QED) is 0.305. The molecule has 10 nitrogen and oxygen atoms in total. The van der Waals surface area contributed by atoms with Crippen LogP contribution >= 0.6 is 11.8 Å². The standard InChI is InChI=1S/C14H21N5O3S.C2HF3O2/c15-11(14(20)18-8-9-23-10-18)4-1-2-6-16-13-12(19(21)22)5-3-7-17-13;3-2(4,5)1(6)7/h3,5,7,11H,1-2,4,6,8-10,15H2,(H,16,17);(H,6,7)/t11-;/m0./s1. The topological polar surface area (TPSA) is 152 Å². The van der Waals surface area contributed by atoms with Gasteiger partial charge in [0.25, 0.3) is 0 Å². The molecule has 1 amide bonds. The summed E-state index contributed by atoms with van der Waals surface area (Å²) in [6, 6.07) is 2.49. The summed E-state index contributed by atoms with van der Waals surface area (Å²) in [5, 5.41) is 21.0. The van der Waals surface area contributed by atoms with Crippen LogP contribution in [0.15, 0.2) is 18.3 Å². The lowest BCUT2D eigenvalue weighted by Crippen LogP contribution is -2.42. The number of thioether (sulfide) groups is 1. The summed E-state index contributed by atoms with van der Waals surface area (Å²) in [6.45, 7) is 1.33. The molecule has 1 atom stereocenters. The Morgan fingerprint density at radius 2 is 2.10 bits per heavy atom. The Bertz CT molecular complexity index is 731. The molecule has 1 aliphatic rings. The number of nitrogens with zero attached hydrogens (tertiary/aromatic N) is 3. The third-order valence-corrected chi connectivity index (χ3v) is 4.81. The highest BCUT2D eigenvalue weighted by Gasteiger charge is 2.38. The van der Waals surface area contributed by atoms with E-state index in [0.29, 0.717) is 13.0 Å². The monoisotopic (exact) mass is 453 g/mol. The summed E-state index contributed by atoms with van der Waals surface area (Å²) in [4.78, 5) is 37.1. The van der Waals surface area contributed by atoms with Crippen molar-refractivity contribution in [1.82, 2.24) is 9.88 Å². The van der Waals surface area contributed by atoms with Gasteiger partial charge in [0.05, 0.1) is 16.8 Å². The van der Waals surface area contributed by atoms with Gasteiger partial charge in [0.1, 0.15) is 0 Å². The lowest BCUT2D eigenvalue weighted by atomic mass is 10.1. The predicted octanol–water partition coefficient (Wildman–Crippen LogP) is 2.07. The summed E-state index contributed by atoms with van der Waals surface area (Å²) < 4.78 is 31.7. The number of nitrogens with one attached hydrogen (secondary N) is 1. The molecule has 1 aromatic rings. The zero-order valence-corrected chi connectivity index (χ0v) is 16.6. The molecule has 0 aromatic carbocycles. The van der Waals surface area contributed by atoms with Crippen LogP contribution in [0.3, 0.4) is 0 Å². The fraction of sp³-hybridized carbons (Fsp3) is 0.562. The van der Waals surface area contributed by atoms with Crippen molar-refractivity contribution in [2.24, 2.45) is 5.73 Å². The first kappa shape index (κ1) is 25.4. The Morgan fingerprint density at radius 1 is 1.43 bits per heavy atom. The Morgan fingerprint density at radius 3 is 2.63 bits per heavy atom. The van der Waals surface area contributed by atoms with Crippen molar-refractivity contribution in [3.8, 4) is 0 Å². The zero-order chi connectivity index (χ0) is 22.7. The van der Waals surface area contributed by atoms with Crippen molar-refractivity contribution in [2.45, 2.75) is 31.5 Å². The van der Waals surface area contributed by atoms with Crippen molar-refractivity contribution in [3.05, 3.63) is 28.4 Å². The third-order valence-electron chi connectivity index (χ3n) is 3.84. The molecule has 1 aliphatic heterocycles. The van der Waals surface area contributed by atoms with Crippen molar-refractivity contribution in [1.29, 1.82) is 0 Å². The number of aliphatic carboxylic acids is 1. The number of alkyl halides is 3. The molecular weight excluding hydrogens is 431 g/mol. The molecule has 168 valence electrons. The van der Waals surface area contributed by atoms with E-state index in [-0.39, 0.29) is 17.4 Å². The van der Waals surface area contributed by atoms with Crippen molar-refractivity contribution in [2.75, 3.05) is 30.0 Å². The normalized spacial score (nSPS) is 14.5. The number of nitrogens with two attached hydrogens (primary N) is 1. The molecule has 1 saturated heterocycles. The molecule has 1 aromatic heterocycles. The number of hydrogen-bond donors (Lipinski definition) is 3. The van der Waals surface area contributed by atoms with Gasteiger partial charge < -0.3 is 21.1 Å². The van der Waals surface area contributed by atoms with E-state index in [4.69, 9.17) is 15.6 Å². The highest BCUT2D eigenvalue weighted by Crippen LogP contribution is 2.20. The maximum absolute atomic E-state index is 12.0. The fourth-order valence-corrected chi connectivity index (χ4v) is 3.28. The number of rotatable bonds is 8. The number of halogens is 3. The van der Waals surface area contributed by atoms with Gasteiger partial charge in [-0.25, -0.2) is 9.78 Å². The lowest BCUT2D eigenvalue weighted by Gasteiger charge is -2.19. The second kappa shape index (κ2) is 12.2. The number of amides is 1. The zero-order valence-electron chi connectivity index (χ0n) is 15.8. The second-order valence-corrected chi connectivity index (χ2v) is 7.17. The van der Waals surface area contributed by atoms with Gasteiger partial charge in [-0.05, 0) is 25.3 Å². The first-order valence-corrected chi connectivity index (χ1v) is 9.95. The van der Waals surface area contributed by atoms with Gasteiger partial charge in [-0.1, -0.05) is 0 Å². The van der Waals surface area contributed by atoms with E-state index in [1.165, 1.54) is 18.3 Å². The Labute approximate surface area is 174 Å². The highest BCUT2D eigenvalue weighted by molar-refractivity contribution is 7.99. The van der Waals surface area contributed by atoms with E-state index in [1.54, 1.807) is 16.7 Å². The van der Waals surface area contributed by atoms with Gasteiger partial charge >= 0.3 is 17.8 Å². The van der Waals surface area contributed by atoms with Crippen molar-refractivity contribution < 1.29 is 32.8 Å². The minimum atomic E-state index is -5.08. The number of carbonyl (C=O) groups excluding carboxylic acids is 1. The summed E-state index contributed by atoms with van der Waals surface area (Å²) >= 11 is 1.74. The van der Waals surface area contributed by atoms with Crippen LogP contribution in [-0.2, 0) is 9.59 Å². The number of hydrogen-bond acceptors (Lipinski definition) is 8. The number of pyridine rings is 1. The molecular formula is C16H22F3N5O5S. The molecule has 2 rings (SSSR count). The number of carbonyl (C=O) groups is 2. The van der Waals surface area contributed by atoms with Gasteiger partial charge in [-0.15, -0.1) is 11.8 Å². The molecule has 0 aliphatic carbocycles. The van der Waals surface area contributed by atoms with E-state index in [9.17, 15) is 28.1 Å². The van der Waals surface area contributed by atoms with E-state index in [1.807, 2.05) is 0 Å². The van der Waals surface area contributed by atoms with Gasteiger partial charge in [0.15, 0.2) is 0 Å². The van der Waals surface area contributed by atoms with Crippen LogP contribution in [-0.4, -0.2) is 68.7 Å². The smallest absolute Gasteiger partial charge is 0.475 e. The molecule has 0 bridgehead atoms. The van der Waals surface area contributed by atoms with Crippen LogP contribution in [0.4, 0.5) is 24.7 Å². The molecule has 4 N–H and O–H groups in total. The first-order valence-electron chi connectivity index (χ1n) is 8.79. The lowest BCUT2D eigenvalue weighted by molar-refractivity contribution is -0.384. The summed E-state index contributed by atoms with van der Waals surface area (Å²) in [5.41, 5.74) is 5.90. The van der Waals surface area contributed by atoms with Gasteiger partial charge in [-0.2, -0.15) is 13.2 Å². The van der Waals surface area contributed by atoms with Crippen molar-refractivity contribution in [3.63, 3.8) is 0 Å². The molecule has 2 heterocycles. The van der Waals surface area contributed by atoms with Crippen LogP contribution in [0.25, 0.3) is 0 Å². The van der Waals surface area contributed by atoms with Crippen LogP contribution in [0.2, 0.25) is 0 Å². The van der Waals surface area contributed by atoms with E-state index >= 15 is 0 Å². The number of unbranched alkanes of at least 4 members (excludes halogenated alkanes) is 1. The van der Waals surface area contributed by atoms with Gasteiger partial charge in [0.2, 0.25) is 11.7 Å². The maximum atomic E-state index is 12.0. The summed E-state index contributed by atoms with van der Waals surface area (Å²) in [6.07, 6.45) is -1.41. The average molecular weight is 453 g/mol. The highest BCUT2D eigenvalue weighted by atomic mass is 32.2. The van der Waals surface area contributed by atoms with Crippen LogP contribution < -0.4 is 11.1 Å². The fourth-order valence-electron chi connectivity index (χ4n) is 2.32. The summed E-state index contributed by atoms with van der Waals surface area (Å²) in [7, 11) is 0. The molecule has 0 spiro atoms. The number of carboxylic acid groups (broad SMARTS) is 1. The van der Waals surface area contributed by atoms with Crippen LogP contribution in [0.5, 0.6) is 0 Å². The predicted molar refractivity (Wildman–Crippen MR) is 104 cm³/mol. The third kappa shape index (κ3) is 8.82. The minimum Gasteiger partial charge on any atom is -0.475 e.